The van der Waals surface area contributed by atoms with Crippen molar-refractivity contribution < 1.29 is 9.90 Å². The quantitative estimate of drug-likeness (QED) is 0.709. The molecule has 0 saturated heterocycles. The van der Waals surface area contributed by atoms with E-state index in [1.165, 1.54) is 0 Å². The molecule has 4 heteroatoms. The molecule has 0 radical (unpaired) electrons. The zero-order valence-electron chi connectivity index (χ0n) is 7.16. The molecule has 0 aliphatic rings. The van der Waals surface area contributed by atoms with Gasteiger partial charge in [0, 0.05) is 18.8 Å². The number of aromatic nitrogens is 2. The predicted molar refractivity (Wildman–Crippen MR) is 43.7 cm³/mol. The molecule has 1 rings (SSSR count). The summed E-state index contributed by atoms with van der Waals surface area (Å²) >= 11 is 0. The van der Waals surface area contributed by atoms with E-state index in [0.29, 0.717) is 12.2 Å². The van der Waals surface area contributed by atoms with Gasteiger partial charge >= 0.3 is 5.97 Å². The minimum atomic E-state index is -0.807. The van der Waals surface area contributed by atoms with Crippen LogP contribution in [0.25, 0.3) is 0 Å². The number of carbonyl (C=O) groups is 1. The van der Waals surface area contributed by atoms with Crippen LogP contribution in [0.3, 0.4) is 0 Å². The first-order valence-corrected chi connectivity index (χ1v) is 3.74. The van der Waals surface area contributed by atoms with Crippen LogP contribution in [0.2, 0.25) is 0 Å². The molecule has 0 atom stereocenters. The molecular formula is C8H12N2O2. The summed E-state index contributed by atoms with van der Waals surface area (Å²) in [7, 11) is 0. The highest BCUT2D eigenvalue weighted by Crippen LogP contribution is 2.19. The third-order valence-corrected chi connectivity index (χ3v) is 1.74. The number of aromatic amines is 1. The maximum atomic E-state index is 10.7. The molecular weight excluding hydrogens is 156 g/mol. The van der Waals surface area contributed by atoms with E-state index in [4.69, 9.17) is 5.11 Å². The van der Waals surface area contributed by atoms with Crippen LogP contribution in [-0.4, -0.2) is 21.0 Å². The van der Waals surface area contributed by atoms with E-state index in [1.807, 2.05) is 0 Å². The minimum Gasteiger partial charge on any atom is -0.481 e. The van der Waals surface area contributed by atoms with Gasteiger partial charge in [-0.05, 0) is 13.8 Å². The van der Waals surface area contributed by atoms with Crippen molar-refractivity contribution in [3.05, 3.63) is 18.2 Å². The molecule has 1 aromatic heterocycles. The molecule has 2 N–H and O–H groups in total. The number of imidazole rings is 1. The van der Waals surface area contributed by atoms with E-state index >= 15 is 0 Å². The third-order valence-electron chi connectivity index (χ3n) is 1.74. The second-order valence-electron chi connectivity index (χ2n) is 3.40. The van der Waals surface area contributed by atoms with Crippen LogP contribution >= 0.6 is 0 Å². The highest BCUT2D eigenvalue weighted by molar-refractivity contribution is 5.73. The van der Waals surface area contributed by atoms with E-state index in [-0.39, 0.29) is 0 Å². The summed E-state index contributed by atoms with van der Waals surface area (Å²) in [6.45, 7) is 3.36. The van der Waals surface area contributed by atoms with Gasteiger partial charge in [0.25, 0.3) is 0 Å². The smallest absolute Gasteiger partial charge is 0.309 e. The van der Waals surface area contributed by atoms with Gasteiger partial charge in [0.05, 0.1) is 5.41 Å². The number of H-pyrrole nitrogens is 1. The largest absolute Gasteiger partial charge is 0.481 e. The maximum Gasteiger partial charge on any atom is 0.309 e. The van der Waals surface area contributed by atoms with Crippen LogP contribution in [0.5, 0.6) is 0 Å². The Bertz CT molecular complexity index is 265. The Labute approximate surface area is 70.6 Å². The molecule has 0 unspecified atom stereocenters. The van der Waals surface area contributed by atoms with Crippen LogP contribution < -0.4 is 0 Å². The molecule has 0 bridgehead atoms. The van der Waals surface area contributed by atoms with E-state index < -0.39 is 11.4 Å². The Hall–Kier alpha value is -1.32. The number of nitrogens with zero attached hydrogens (tertiary/aromatic N) is 1. The van der Waals surface area contributed by atoms with Gasteiger partial charge in [-0.15, -0.1) is 0 Å². The van der Waals surface area contributed by atoms with E-state index in [1.54, 1.807) is 26.2 Å². The molecule has 1 aromatic rings. The molecule has 66 valence electrons. The topological polar surface area (TPSA) is 66.0 Å². The molecule has 0 aliphatic heterocycles. The van der Waals surface area contributed by atoms with Gasteiger partial charge in [-0.3, -0.25) is 4.79 Å². The van der Waals surface area contributed by atoms with Crippen LogP contribution in [-0.2, 0) is 11.2 Å². The lowest BCUT2D eigenvalue weighted by molar-refractivity contribution is -0.146. The molecule has 0 fully saturated rings. The number of nitrogens with one attached hydrogen (secondary N) is 1. The van der Waals surface area contributed by atoms with Gasteiger partial charge in [0.1, 0.15) is 5.82 Å². The van der Waals surface area contributed by atoms with Gasteiger partial charge in [0.15, 0.2) is 0 Å². The summed E-state index contributed by atoms with van der Waals surface area (Å²) in [6.07, 6.45) is 3.73. The number of rotatable bonds is 3. The first-order valence-electron chi connectivity index (χ1n) is 3.74. The second kappa shape index (κ2) is 2.97. The summed E-state index contributed by atoms with van der Waals surface area (Å²) in [5.41, 5.74) is -0.752. The number of hydrogen-bond acceptors (Lipinski definition) is 2. The van der Waals surface area contributed by atoms with Crippen molar-refractivity contribution >= 4 is 5.97 Å². The Morgan fingerprint density at radius 2 is 2.42 bits per heavy atom. The van der Waals surface area contributed by atoms with Crippen molar-refractivity contribution in [2.45, 2.75) is 20.3 Å². The third kappa shape index (κ3) is 1.84. The minimum absolute atomic E-state index is 0.426. The highest BCUT2D eigenvalue weighted by atomic mass is 16.4. The summed E-state index contributed by atoms with van der Waals surface area (Å²) < 4.78 is 0. The van der Waals surface area contributed by atoms with Crippen molar-refractivity contribution in [2.75, 3.05) is 0 Å². The molecule has 0 aliphatic carbocycles. The zero-order valence-corrected chi connectivity index (χ0v) is 7.16. The van der Waals surface area contributed by atoms with E-state index in [0.717, 1.165) is 0 Å². The van der Waals surface area contributed by atoms with Gasteiger partial charge in [0.2, 0.25) is 0 Å². The van der Waals surface area contributed by atoms with Crippen LogP contribution in [0, 0.1) is 5.41 Å². The second-order valence-corrected chi connectivity index (χ2v) is 3.40. The Balaban J connectivity index is 2.69. The van der Waals surface area contributed by atoms with Crippen LogP contribution in [0.4, 0.5) is 0 Å². The number of hydrogen-bond donors (Lipinski definition) is 2. The number of carboxylic acid groups (broad SMARTS) is 1. The van der Waals surface area contributed by atoms with Crippen molar-refractivity contribution in [2.24, 2.45) is 5.41 Å². The zero-order chi connectivity index (χ0) is 9.19. The molecule has 0 saturated carbocycles. The number of carboxylic acids is 1. The van der Waals surface area contributed by atoms with Crippen molar-refractivity contribution in [1.82, 2.24) is 9.97 Å². The molecule has 0 amide bonds. The lowest BCUT2D eigenvalue weighted by Crippen LogP contribution is -2.26. The first kappa shape index (κ1) is 8.77. The first-order chi connectivity index (χ1) is 5.52. The monoisotopic (exact) mass is 168 g/mol. The van der Waals surface area contributed by atoms with E-state index in [2.05, 4.69) is 9.97 Å². The predicted octanol–water partition coefficient (Wildman–Crippen LogP) is 1.06. The lowest BCUT2D eigenvalue weighted by Gasteiger charge is -2.16. The van der Waals surface area contributed by atoms with Crippen molar-refractivity contribution in [3.8, 4) is 0 Å². The molecule has 12 heavy (non-hydrogen) atoms. The van der Waals surface area contributed by atoms with Gasteiger partial charge in [-0.1, -0.05) is 0 Å². The molecule has 0 spiro atoms. The standard InChI is InChI=1S/C8H12N2O2/c1-8(2,7(11)12)5-6-9-3-4-10-6/h3-4H,5H2,1-2H3,(H,9,10)(H,11,12). The van der Waals surface area contributed by atoms with Gasteiger partial charge in [-0.25, -0.2) is 4.98 Å². The molecule has 1 heterocycles. The van der Waals surface area contributed by atoms with Crippen molar-refractivity contribution in [1.29, 1.82) is 0 Å². The fourth-order valence-electron chi connectivity index (χ4n) is 0.889. The van der Waals surface area contributed by atoms with Gasteiger partial charge in [-0.2, -0.15) is 0 Å². The van der Waals surface area contributed by atoms with Crippen LogP contribution in [0.15, 0.2) is 12.4 Å². The lowest BCUT2D eigenvalue weighted by atomic mass is 9.89. The summed E-state index contributed by atoms with van der Waals surface area (Å²) in [4.78, 5) is 17.5. The number of aliphatic carboxylic acids is 1. The summed E-state index contributed by atoms with van der Waals surface area (Å²) in [5, 5.41) is 8.80. The summed E-state index contributed by atoms with van der Waals surface area (Å²) in [6, 6.07) is 0. The fourth-order valence-corrected chi connectivity index (χ4v) is 0.889. The normalized spacial score (nSPS) is 11.5. The van der Waals surface area contributed by atoms with Crippen molar-refractivity contribution in [3.63, 3.8) is 0 Å². The van der Waals surface area contributed by atoms with Crippen LogP contribution in [0.1, 0.15) is 19.7 Å². The Morgan fingerprint density at radius 1 is 1.75 bits per heavy atom. The molecule has 4 nitrogen and oxygen atoms in total. The molecule has 0 aromatic carbocycles. The Kier molecular flexibility index (Phi) is 2.17. The Morgan fingerprint density at radius 3 is 2.83 bits per heavy atom. The maximum absolute atomic E-state index is 10.7. The van der Waals surface area contributed by atoms with Gasteiger partial charge < -0.3 is 10.1 Å². The summed E-state index contributed by atoms with van der Waals surface area (Å²) in [5.74, 6) is -0.0960. The fraction of sp³-hybridized carbons (Fsp3) is 0.500. The van der Waals surface area contributed by atoms with E-state index in [9.17, 15) is 4.79 Å². The average Bonchev–Trinajstić information content (AvgIpc) is 2.38. The SMILES string of the molecule is CC(C)(Cc1ncc[nH]1)C(=O)O. The highest BCUT2D eigenvalue weighted by Gasteiger charge is 2.28. The average molecular weight is 168 g/mol.